The molecule has 0 saturated carbocycles. The lowest BCUT2D eigenvalue weighted by molar-refractivity contribution is -0.0293. The maximum Gasteiger partial charge on any atom is 0.213 e. The first-order chi connectivity index (χ1) is 19.1. The van der Waals surface area contributed by atoms with Crippen LogP contribution in [0.15, 0.2) is 73.2 Å². The predicted octanol–water partition coefficient (Wildman–Crippen LogP) is 5.27. The summed E-state index contributed by atoms with van der Waals surface area (Å²) >= 11 is 6.63. The van der Waals surface area contributed by atoms with Crippen LogP contribution in [0.3, 0.4) is 0 Å². The molecule has 0 spiro atoms. The van der Waals surface area contributed by atoms with Gasteiger partial charge in [0.1, 0.15) is 17.8 Å². The lowest BCUT2D eigenvalue weighted by Gasteiger charge is -2.25. The molecule has 5 aromatic rings. The van der Waals surface area contributed by atoms with Gasteiger partial charge in [0.25, 0.3) is 0 Å². The van der Waals surface area contributed by atoms with E-state index in [1.165, 1.54) is 0 Å². The van der Waals surface area contributed by atoms with Crippen molar-refractivity contribution in [2.24, 2.45) is 0 Å². The van der Waals surface area contributed by atoms with Gasteiger partial charge in [-0.1, -0.05) is 47.1 Å². The van der Waals surface area contributed by atoms with Crippen LogP contribution in [-0.2, 0) is 4.74 Å². The summed E-state index contributed by atoms with van der Waals surface area (Å²) in [5.74, 6) is 0.490. The molecule has 1 saturated heterocycles. The Hall–Kier alpha value is -4.72. The van der Waals surface area contributed by atoms with E-state index in [1.54, 1.807) is 31.6 Å². The molecule has 0 unspecified atom stereocenters. The lowest BCUT2D eigenvalue weighted by Crippen LogP contribution is -2.31. The molecular formula is C28H23ClN8O2. The second-order valence-corrected chi connectivity index (χ2v) is 9.46. The standard InChI is InChI=1S/C28H23ClN8O2/c1-38-25-8-7-20(13-31-25)33-26-18(11-30)12-32-28-22(26)9-19(29)10-23(28)34-27(17-5-3-2-4-6-17)24-14-37(36-35-24)21-15-39-16-21/h2-10,12-14,21,27,34H,15-16H2,1H3,(H,32,33)/t27-/m0/s1. The highest BCUT2D eigenvalue weighted by Gasteiger charge is 2.25. The molecule has 0 bridgehead atoms. The van der Waals surface area contributed by atoms with Crippen molar-refractivity contribution in [2.75, 3.05) is 31.0 Å². The molecule has 2 aromatic carbocycles. The number of benzene rings is 2. The summed E-state index contributed by atoms with van der Waals surface area (Å²) in [4.78, 5) is 8.89. The summed E-state index contributed by atoms with van der Waals surface area (Å²) in [6.45, 7) is 1.24. The van der Waals surface area contributed by atoms with Crippen LogP contribution >= 0.6 is 11.6 Å². The number of rotatable bonds is 8. The van der Waals surface area contributed by atoms with Gasteiger partial charge < -0.3 is 20.1 Å². The van der Waals surface area contributed by atoms with Gasteiger partial charge in [0.15, 0.2) is 0 Å². The number of pyridine rings is 2. The maximum absolute atomic E-state index is 9.85. The molecule has 194 valence electrons. The highest BCUT2D eigenvalue weighted by molar-refractivity contribution is 6.32. The third kappa shape index (κ3) is 4.93. The molecule has 4 heterocycles. The molecule has 3 aromatic heterocycles. The summed E-state index contributed by atoms with van der Waals surface area (Å²) < 4.78 is 12.3. The quantitative estimate of drug-likeness (QED) is 0.272. The van der Waals surface area contributed by atoms with E-state index >= 15 is 0 Å². The van der Waals surface area contributed by atoms with E-state index in [0.29, 0.717) is 57.6 Å². The highest BCUT2D eigenvalue weighted by atomic mass is 35.5. The molecule has 0 amide bonds. The summed E-state index contributed by atoms with van der Waals surface area (Å²) in [6.07, 6.45) is 5.12. The summed E-state index contributed by atoms with van der Waals surface area (Å²) in [5.41, 5.74) is 4.71. The monoisotopic (exact) mass is 538 g/mol. The normalized spacial score (nSPS) is 13.9. The first-order valence-electron chi connectivity index (χ1n) is 12.2. The first kappa shape index (κ1) is 24.6. The molecule has 1 atom stereocenters. The van der Waals surface area contributed by atoms with Gasteiger partial charge in [-0.3, -0.25) is 4.98 Å². The average Bonchev–Trinajstić information content (AvgIpc) is 3.40. The van der Waals surface area contributed by atoms with Crippen LogP contribution in [0.25, 0.3) is 10.9 Å². The van der Waals surface area contributed by atoms with Gasteiger partial charge in [0.05, 0.1) is 66.9 Å². The number of hydrogen-bond donors (Lipinski definition) is 2. The van der Waals surface area contributed by atoms with Gasteiger partial charge >= 0.3 is 0 Å². The Balaban J connectivity index is 1.43. The zero-order chi connectivity index (χ0) is 26.8. The van der Waals surface area contributed by atoms with E-state index in [-0.39, 0.29) is 12.1 Å². The minimum atomic E-state index is -0.331. The third-order valence-electron chi connectivity index (χ3n) is 6.52. The number of methoxy groups -OCH3 is 1. The molecule has 1 aliphatic heterocycles. The topological polar surface area (TPSA) is 123 Å². The molecule has 0 aliphatic carbocycles. The van der Waals surface area contributed by atoms with Crippen molar-refractivity contribution in [3.05, 3.63) is 95.0 Å². The molecule has 1 aliphatic rings. The fraction of sp³-hybridized carbons (Fsp3) is 0.179. The van der Waals surface area contributed by atoms with Crippen LogP contribution in [0.5, 0.6) is 5.88 Å². The van der Waals surface area contributed by atoms with Crippen molar-refractivity contribution < 1.29 is 9.47 Å². The minimum absolute atomic E-state index is 0.182. The molecule has 6 rings (SSSR count). The average molecular weight is 539 g/mol. The Labute approximate surface area is 229 Å². The number of aromatic nitrogens is 5. The fourth-order valence-electron chi connectivity index (χ4n) is 4.42. The van der Waals surface area contributed by atoms with Gasteiger partial charge in [-0.2, -0.15) is 5.26 Å². The van der Waals surface area contributed by atoms with Crippen LogP contribution in [0, 0.1) is 11.3 Å². The Morgan fingerprint density at radius 3 is 2.67 bits per heavy atom. The van der Waals surface area contributed by atoms with Crippen molar-refractivity contribution in [2.45, 2.75) is 12.1 Å². The van der Waals surface area contributed by atoms with E-state index in [9.17, 15) is 5.26 Å². The number of anilines is 3. The minimum Gasteiger partial charge on any atom is -0.481 e. The summed E-state index contributed by atoms with van der Waals surface area (Å²) in [5, 5.41) is 26.8. The number of nitrogens with zero attached hydrogens (tertiary/aromatic N) is 6. The molecule has 11 heteroatoms. The molecule has 1 fully saturated rings. The number of halogens is 1. The van der Waals surface area contributed by atoms with Gasteiger partial charge in [0.2, 0.25) is 5.88 Å². The fourth-order valence-corrected chi connectivity index (χ4v) is 4.64. The summed E-state index contributed by atoms with van der Waals surface area (Å²) in [6, 6.07) is 19.2. The highest BCUT2D eigenvalue weighted by Crippen LogP contribution is 2.37. The van der Waals surface area contributed by atoms with Crippen molar-refractivity contribution in [3.8, 4) is 11.9 Å². The molecule has 10 nitrogen and oxygen atoms in total. The van der Waals surface area contributed by atoms with Gasteiger partial charge in [0, 0.05) is 22.7 Å². The van der Waals surface area contributed by atoms with E-state index in [4.69, 9.17) is 21.1 Å². The molecule has 0 radical (unpaired) electrons. The zero-order valence-electron chi connectivity index (χ0n) is 20.9. The van der Waals surface area contributed by atoms with E-state index in [0.717, 1.165) is 11.3 Å². The Bertz CT molecular complexity index is 1660. The van der Waals surface area contributed by atoms with Crippen LogP contribution in [0.4, 0.5) is 17.1 Å². The second kappa shape index (κ2) is 10.6. The van der Waals surface area contributed by atoms with Crippen molar-refractivity contribution in [1.82, 2.24) is 25.0 Å². The van der Waals surface area contributed by atoms with Crippen molar-refractivity contribution >= 4 is 39.6 Å². The smallest absolute Gasteiger partial charge is 0.213 e. The van der Waals surface area contributed by atoms with Crippen LogP contribution < -0.4 is 15.4 Å². The number of ether oxygens (including phenoxy) is 2. The maximum atomic E-state index is 9.85. The molecular weight excluding hydrogens is 516 g/mol. The Morgan fingerprint density at radius 2 is 1.97 bits per heavy atom. The summed E-state index contributed by atoms with van der Waals surface area (Å²) in [7, 11) is 1.56. The Kier molecular flexibility index (Phi) is 6.67. The zero-order valence-corrected chi connectivity index (χ0v) is 21.6. The second-order valence-electron chi connectivity index (χ2n) is 9.03. The van der Waals surface area contributed by atoms with E-state index in [2.05, 4.69) is 37.0 Å². The van der Waals surface area contributed by atoms with Crippen LogP contribution in [0.2, 0.25) is 5.02 Å². The van der Waals surface area contributed by atoms with Gasteiger partial charge in [-0.05, 0) is 23.8 Å². The number of nitriles is 1. The number of fused-ring (bicyclic) bond motifs is 1. The molecule has 2 N–H and O–H groups in total. The third-order valence-corrected chi connectivity index (χ3v) is 6.74. The Morgan fingerprint density at radius 1 is 1.13 bits per heavy atom. The predicted molar refractivity (Wildman–Crippen MR) is 147 cm³/mol. The van der Waals surface area contributed by atoms with Crippen molar-refractivity contribution in [1.29, 1.82) is 5.26 Å². The SMILES string of the molecule is COc1ccc(Nc2c(C#N)cnc3c(N[C@@H](c4ccccc4)c4cn(C5COC5)nn4)cc(Cl)cc23)cn1. The van der Waals surface area contributed by atoms with Crippen LogP contribution in [-0.4, -0.2) is 45.3 Å². The van der Waals surface area contributed by atoms with Gasteiger partial charge in [-0.25, -0.2) is 9.67 Å². The largest absolute Gasteiger partial charge is 0.481 e. The van der Waals surface area contributed by atoms with Crippen LogP contribution in [0.1, 0.15) is 28.9 Å². The van der Waals surface area contributed by atoms with E-state index in [1.807, 2.05) is 53.3 Å². The van der Waals surface area contributed by atoms with Crippen molar-refractivity contribution in [3.63, 3.8) is 0 Å². The number of hydrogen-bond acceptors (Lipinski definition) is 9. The first-order valence-corrected chi connectivity index (χ1v) is 12.6. The molecule has 39 heavy (non-hydrogen) atoms. The van der Waals surface area contributed by atoms with E-state index < -0.39 is 0 Å². The lowest BCUT2D eigenvalue weighted by atomic mass is 10.0. The number of nitrogens with one attached hydrogen (secondary N) is 2. The van der Waals surface area contributed by atoms with Gasteiger partial charge in [-0.15, -0.1) is 5.10 Å².